The molecular formula is C18H22ClN3O2S. The highest BCUT2D eigenvalue weighted by Crippen LogP contribution is 2.24. The van der Waals surface area contributed by atoms with Crippen molar-refractivity contribution in [2.24, 2.45) is 0 Å². The average molecular weight is 380 g/mol. The summed E-state index contributed by atoms with van der Waals surface area (Å²) in [6, 6.07) is 7.76. The van der Waals surface area contributed by atoms with Crippen LogP contribution >= 0.6 is 22.9 Å². The van der Waals surface area contributed by atoms with Crippen molar-refractivity contribution in [1.82, 2.24) is 9.88 Å². The number of morpholine rings is 1. The van der Waals surface area contributed by atoms with Gasteiger partial charge in [0.05, 0.1) is 18.8 Å². The topological polar surface area (TPSA) is 54.5 Å². The molecule has 134 valence electrons. The van der Waals surface area contributed by atoms with Crippen LogP contribution in [-0.2, 0) is 16.0 Å². The van der Waals surface area contributed by atoms with Crippen LogP contribution in [-0.4, -0.2) is 47.6 Å². The highest BCUT2D eigenvalue weighted by molar-refractivity contribution is 7.15. The molecule has 0 saturated carbocycles. The van der Waals surface area contributed by atoms with Crippen molar-refractivity contribution in [3.63, 3.8) is 0 Å². The quantitative estimate of drug-likeness (QED) is 0.864. The number of hydrogen-bond donors (Lipinski definition) is 1. The Morgan fingerprint density at radius 2 is 2.08 bits per heavy atom. The monoisotopic (exact) mass is 379 g/mol. The van der Waals surface area contributed by atoms with Crippen molar-refractivity contribution >= 4 is 34.0 Å². The van der Waals surface area contributed by atoms with Crippen molar-refractivity contribution in [2.75, 3.05) is 25.0 Å². The van der Waals surface area contributed by atoms with Crippen LogP contribution in [0.5, 0.6) is 0 Å². The maximum absolute atomic E-state index is 12.3. The van der Waals surface area contributed by atoms with E-state index in [2.05, 4.69) is 15.2 Å². The number of nitrogens with zero attached hydrogens (tertiary/aromatic N) is 2. The zero-order valence-corrected chi connectivity index (χ0v) is 15.9. The molecule has 0 radical (unpaired) electrons. The Balaban J connectivity index is 1.54. The highest BCUT2D eigenvalue weighted by Gasteiger charge is 2.23. The summed E-state index contributed by atoms with van der Waals surface area (Å²) in [6.07, 6.45) is 2.81. The third-order valence-electron chi connectivity index (χ3n) is 3.98. The molecule has 1 aromatic heterocycles. The molecule has 1 aromatic carbocycles. The van der Waals surface area contributed by atoms with Gasteiger partial charge in [-0.1, -0.05) is 29.8 Å². The number of thiazole rings is 1. The molecule has 0 bridgehead atoms. The SMILES string of the molecule is C[C@H]1CN(CC(=O)Nc2ncc(Cc3ccccc3Cl)s2)C[C@H](C)O1. The molecule has 1 aliphatic rings. The summed E-state index contributed by atoms with van der Waals surface area (Å²) in [4.78, 5) is 19.8. The Kier molecular flexibility index (Phi) is 6.06. The highest BCUT2D eigenvalue weighted by atomic mass is 35.5. The largest absolute Gasteiger partial charge is 0.373 e. The maximum atomic E-state index is 12.3. The van der Waals surface area contributed by atoms with Gasteiger partial charge in [-0.05, 0) is 25.5 Å². The molecular weight excluding hydrogens is 358 g/mol. The fraction of sp³-hybridized carbons (Fsp3) is 0.444. The molecule has 2 atom stereocenters. The second-order valence-electron chi connectivity index (χ2n) is 6.40. The van der Waals surface area contributed by atoms with Crippen LogP contribution in [0.2, 0.25) is 5.02 Å². The minimum Gasteiger partial charge on any atom is -0.373 e. The molecule has 0 aliphatic carbocycles. The minimum absolute atomic E-state index is 0.0417. The number of rotatable bonds is 5. The summed E-state index contributed by atoms with van der Waals surface area (Å²) in [5, 5.41) is 4.27. The molecule has 2 aromatic rings. The zero-order valence-electron chi connectivity index (χ0n) is 14.4. The van der Waals surface area contributed by atoms with Crippen LogP contribution in [0.3, 0.4) is 0 Å². The lowest BCUT2D eigenvalue weighted by atomic mass is 10.1. The summed E-state index contributed by atoms with van der Waals surface area (Å²) >= 11 is 7.68. The molecule has 0 unspecified atom stereocenters. The predicted molar refractivity (Wildman–Crippen MR) is 101 cm³/mol. The van der Waals surface area contributed by atoms with E-state index in [0.717, 1.165) is 28.6 Å². The minimum atomic E-state index is -0.0417. The van der Waals surface area contributed by atoms with Gasteiger partial charge in [-0.3, -0.25) is 9.69 Å². The van der Waals surface area contributed by atoms with Crippen LogP contribution in [0.25, 0.3) is 0 Å². The van der Waals surface area contributed by atoms with Gasteiger partial charge in [0.2, 0.25) is 5.91 Å². The van der Waals surface area contributed by atoms with Gasteiger partial charge >= 0.3 is 0 Å². The first-order valence-electron chi connectivity index (χ1n) is 8.35. The van der Waals surface area contributed by atoms with Crippen LogP contribution in [0.1, 0.15) is 24.3 Å². The number of benzene rings is 1. The fourth-order valence-corrected chi connectivity index (χ4v) is 4.11. The molecule has 2 heterocycles. The van der Waals surface area contributed by atoms with E-state index in [-0.39, 0.29) is 18.1 Å². The van der Waals surface area contributed by atoms with E-state index < -0.39 is 0 Å². The number of halogens is 1. The van der Waals surface area contributed by atoms with E-state index in [0.29, 0.717) is 18.1 Å². The fourth-order valence-electron chi connectivity index (χ4n) is 3.05. The molecule has 5 nitrogen and oxygen atoms in total. The van der Waals surface area contributed by atoms with Crippen molar-refractivity contribution in [3.05, 3.63) is 45.9 Å². The number of amides is 1. The second kappa shape index (κ2) is 8.27. The first-order chi connectivity index (χ1) is 12.0. The average Bonchev–Trinajstić information content (AvgIpc) is 2.95. The number of hydrogen-bond acceptors (Lipinski definition) is 5. The molecule has 25 heavy (non-hydrogen) atoms. The summed E-state index contributed by atoms with van der Waals surface area (Å²) in [6.45, 7) is 5.96. The van der Waals surface area contributed by atoms with Crippen molar-refractivity contribution in [1.29, 1.82) is 0 Å². The van der Waals surface area contributed by atoms with Crippen LogP contribution in [0.15, 0.2) is 30.5 Å². The lowest BCUT2D eigenvalue weighted by Gasteiger charge is -2.34. The van der Waals surface area contributed by atoms with Gasteiger partial charge < -0.3 is 10.1 Å². The summed E-state index contributed by atoms with van der Waals surface area (Å²) in [7, 11) is 0. The lowest BCUT2D eigenvalue weighted by molar-refractivity contribution is -0.121. The number of nitrogens with one attached hydrogen (secondary N) is 1. The van der Waals surface area contributed by atoms with Crippen LogP contribution < -0.4 is 5.32 Å². The van der Waals surface area contributed by atoms with E-state index in [1.807, 2.05) is 38.1 Å². The normalized spacial score (nSPS) is 21.2. The first kappa shape index (κ1) is 18.3. The lowest BCUT2D eigenvalue weighted by Crippen LogP contribution is -2.48. The van der Waals surface area contributed by atoms with E-state index in [1.165, 1.54) is 11.3 Å². The van der Waals surface area contributed by atoms with Gasteiger partial charge in [-0.25, -0.2) is 4.98 Å². The third kappa shape index (κ3) is 5.25. The standard InChI is InChI=1S/C18H22ClN3O2S/c1-12-9-22(10-13(2)24-12)11-17(23)21-18-20-8-15(25-18)7-14-5-3-4-6-16(14)19/h3-6,8,12-13H,7,9-11H2,1-2H3,(H,20,21,23)/t12-,13-/m0/s1. The second-order valence-corrected chi connectivity index (χ2v) is 7.92. The molecule has 1 aliphatic heterocycles. The molecule has 7 heteroatoms. The Morgan fingerprint density at radius 3 is 2.80 bits per heavy atom. The predicted octanol–water partition coefficient (Wildman–Crippen LogP) is 3.44. The van der Waals surface area contributed by atoms with Crippen molar-refractivity contribution in [2.45, 2.75) is 32.5 Å². The Bertz CT molecular complexity index is 727. The van der Waals surface area contributed by atoms with Gasteiger partial charge in [0.1, 0.15) is 0 Å². The number of ether oxygens (including phenoxy) is 1. The summed E-state index contributed by atoms with van der Waals surface area (Å²) < 4.78 is 5.69. The number of aromatic nitrogens is 1. The van der Waals surface area contributed by atoms with Crippen LogP contribution in [0, 0.1) is 0 Å². The summed E-state index contributed by atoms with van der Waals surface area (Å²) in [5.74, 6) is -0.0417. The number of carbonyl (C=O) groups is 1. The van der Waals surface area contributed by atoms with Gasteiger partial charge in [-0.15, -0.1) is 11.3 Å². The Labute approximate surface area is 157 Å². The molecule has 1 amide bonds. The smallest absolute Gasteiger partial charge is 0.240 e. The molecule has 3 rings (SSSR count). The molecule has 1 fully saturated rings. The maximum Gasteiger partial charge on any atom is 0.240 e. The van der Waals surface area contributed by atoms with E-state index >= 15 is 0 Å². The Hall–Kier alpha value is -1.47. The summed E-state index contributed by atoms with van der Waals surface area (Å²) in [5.41, 5.74) is 1.06. The Morgan fingerprint density at radius 1 is 1.36 bits per heavy atom. The van der Waals surface area contributed by atoms with Crippen molar-refractivity contribution < 1.29 is 9.53 Å². The van der Waals surface area contributed by atoms with Gasteiger partial charge in [-0.2, -0.15) is 0 Å². The van der Waals surface area contributed by atoms with E-state index in [9.17, 15) is 4.79 Å². The van der Waals surface area contributed by atoms with E-state index in [1.54, 1.807) is 6.20 Å². The number of anilines is 1. The zero-order chi connectivity index (χ0) is 17.8. The molecule has 1 saturated heterocycles. The van der Waals surface area contributed by atoms with Crippen LogP contribution in [0.4, 0.5) is 5.13 Å². The van der Waals surface area contributed by atoms with E-state index in [4.69, 9.17) is 16.3 Å². The van der Waals surface area contributed by atoms with Crippen molar-refractivity contribution in [3.8, 4) is 0 Å². The van der Waals surface area contributed by atoms with Gasteiger partial charge in [0, 0.05) is 35.6 Å². The number of carbonyl (C=O) groups excluding carboxylic acids is 1. The molecule has 0 spiro atoms. The van der Waals surface area contributed by atoms with Gasteiger partial charge in [0.15, 0.2) is 5.13 Å². The van der Waals surface area contributed by atoms with Gasteiger partial charge in [0.25, 0.3) is 0 Å². The molecule has 1 N–H and O–H groups in total. The third-order valence-corrected chi connectivity index (χ3v) is 5.27. The first-order valence-corrected chi connectivity index (χ1v) is 9.55.